The van der Waals surface area contributed by atoms with Crippen molar-refractivity contribution in [3.8, 4) is 5.75 Å². The molecule has 0 bridgehead atoms. The molecule has 0 spiro atoms. The van der Waals surface area contributed by atoms with Crippen LogP contribution in [0, 0.1) is 6.92 Å². The van der Waals surface area contributed by atoms with Crippen LogP contribution >= 0.6 is 39.7 Å². The number of carbonyl (C=O) groups is 2. The van der Waals surface area contributed by atoms with E-state index < -0.39 is 5.91 Å². The van der Waals surface area contributed by atoms with Crippen molar-refractivity contribution in [3.05, 3.63) is 99.0 Å². The van der Waals surface area contributed by atoms with Gasteiger partial charge in [0.15, 0.2) is 5.11 Å². The van der Waals surface area contributed by atoms with Gasteiger partial charge in [-0.05, 0) is 81.7 Å². The van der Waals surface area contributed by atoms with Gasteiger partial charge in [0.05, 0.1) is 27.9 Å². The van der Waals surface area contributed by atoms with Crippen molar-refractivity contribution in [1.29, 1.82) is 0 Å². The number of piperazine rings is 1. The molecule has 0 aliphatic carbocycles. The number of aryl methyl sites for hydroxylation is 1. The summed E-state index contributed by atoms with van der Waals surface area (Å²) in [5.74, 6) is 0.0846. The van der Waals surface area contributed by atoms with Crippen LogP contribution in [0.15, 0.2) is 77.3 Å². The van der Waals surface area contributed by atoms with Gasteiger partial charge in [0, 0.05) is 37.4 Å². The molecule has 0 saturated carbocycles. The molecule has 0 radical (unpaired) electrons. The third-order valence-electron chi connectivity index (χ3n) is 7.11. The van der Waals surface area contributed by atoms with Gasteiger partial charge in [-0.25, -0.2) is 0 Å². The summed E-state index contributed by atoms with van der Waals surface area (Å²) in [4.78, 5) is 30.2. The van der Waals surface area contributed by atoms with E-state index in [1.54, 1.807) is 12.1 Å². The van der Waals surface area contributed by atoms with Crippen LogP contribution in [0.5, 0.6) is 5.75 Å². The molecule has 4 aromatic carbocycles. The van der Waals surface area contributed by atoms with E-state index in [2.05, 4.69) is 31.5 Å². The Morgan fingerprint density at radius 3 is 2.37 bits per heavy atom. The number of thiocarbonyl (C=S) groups is 1. The highest BCUT2D eigenvalue weighted by atomic mass is 79.9. The molecule has 1 saturated heterocycles. The van der Waals surface area contributed by atoms with Gasteiger partial charge in [-0.2, -0.15) is 0 Å². The van der Waals surface area contributed by atoms with Gasteiger partial charge in [-0.3, -0.25) is 14.9 Å². The third-order valence-corrected chi connectivity index (χ3v) is 8.40. The summed E-state index contributed by atoms with van der Waals surface area (Å²) in [7, 11) is 1.52. The minimum absolute atomic E-state index is 0.0534. The summed E-state index contributed by atoms with van der Waals surface area (Å²) in [6.07, 6.45) is 0. The van der Waals surface area contributed by atoms with E-state index in [1.165, 1.54) is 7.11 Å². The van der Waals surface area contributed by atoms with E-state index in [4.69, 9.17) is 28.6 Å². The average Bonchev–Trinajstić information content (AvgIpc) is 2.97. The highest BCUT2D eigenvalue weighted by Gasteiger charge is 2.24. The molecule has 1 fully saturated rings. The number of carbonyl (C=O) groups excluding carboxylic acids is 2. The van der Waals surface area contributed by atoms with E-state index in [1.807, 2.05) is 72.5 Å². The van der Waals surface area contributed by atoms with Crippen LogP contribution in [0.25, 0.3) is 10.8 Å². The van der Waals surface area contributed by atoms with Crippen LogP contribution in [0.3, 0.4) is 0 Å². The normalized spacial score (nSPS) is 13.2. The lowest BCUT2D eigenvalue weighted by molar-refractivity contribution is 0.0746. The molecule has 1 aliphatic heterocycles. The number of anilines is 2. The quantitative estimate of drug-likeness (QED) is 0.235. The molecule has 10 heteroatoms. The molecule has 2 N–H and O–H groups in total. The Labute approximate surface area is 257 Å². The van der Waals surface area contributed by atoms with Crippen molar-refractivity contribution in [2.45, 2.75) is 6.92 Å². The summed E-state index contributed by atoms with van der Waals surface area (Å²) in [6.45, 7) is 4.50. The number of amides is 2. The largest absolute Gasteiger partial charge is 0.495 e. The van der Waals surface area contributed by atoms with E-state index in [0.29, 0.717) is 52.7 Å². The van der Waals surface area contributed by atoms with Crippen LogP contribution < -0.4 is 20.3 Å². The molecule has 1 aliphatic rings. The lowest BCUT2D eigenvalue weighted by Gasteiger charge is -2.36. The van der Waals surface area contributed by atoms with E-state index in [0.717, 1.165) is 27.6 Å². The van der Waals surface area contributed by atoms with E-state index in [-0.39, 0.29) is 11.0 Å². The molecule has 5 rings (SSSR count). The average molecular weight is 652 g/mol. The lowest BCUT2D eigenvalue weighted by atomic mass is 10.1. The fraction of sp³-hybridized carbons (Fsp3) is 0.194. The van der Waals surface area contributed by atoms with Crippen LogP contribution in [0.1, 0.15) is 26.3 Å². The highest BCUT2D eigenvalue weighted by Crippen LogP contribution is 2.36. The van der Waals surface area contributed by atoms with Gasteiger partial charge in [0.2, 0.25) is 0 Å². The van der Waals surface area contributed by atoms with Gasteiger partial charge < -0.3 is 19.9 Å². The second-order valence-electron chi connectivity index (χ2n) is 9.66. The zero-order valence-electron chi connectivity index (χ0n) is 22.5. The predicted molar refractivity (Wildman–Crippen MR) is 173 cm³/mol. The number of benzene rings is 4. The number of fused-ring (bicyclic) bond motifs is 1. The maximum absolute atomic E-state index is 13.1. The maximum Gasteiger partial charge on any atom is 0.261 e. The lowest BCUT2D eigenvalue weighted by Crippen LogP contribution is -2.49. The molecule has 0 aromatic heterocycles. The first-order valence-electron chi connectivity index (χ1n) is 13.0. The summed E-state index contributed by atoms with van der Waals surface area (Å²) < 4.78 is 6.22. The van der Waals surface area contributed by atoms with Gasteiger partial charge in [-0.1, -0.05) is 54.1 Å². The molecular weight excluding hydrogens is 624 g/mol. The topological polar surface area (TPSA) is 73.9 Å². The smallest absolute Gasteiger partial charge is 0.261 e. The van der Waals surface area contributed by atoms with Gasteiger partial charge in [0.25, 0.3) is 11.8 Å². The molecule has 0 atom stereocenters. The second kappa shape index (κ2) is 12.5. The first-order valence-corrected chi connectivity index (χ1v) is 14.6. The fourth-order valence-corrected chi connectivity index (χ4v) is 6.21. The van der Waals surface area contributed by atoms with E-state index in [9.17, 15) is 9.59 Å². The van der Waals surface area contributed by atoms with Crippen LogP contribution in [0.2, 0.25) is 5.02 Å². The van der Waals surface area contributed by atoms with Crippen molar-refractivity contribution >= 4 is 78.8 Å². The molecular formula is C31H28BrClN4O3S. The molecule has 4 aromatic rings. The van der Waals surface area contributed by atoms with Gasteiger partial charge in [0.1, 0.15) is 5.75 Å². The number of halogens is 2. The number of methoxy groups -OCH3 is 1. The Kier molecular flexibility index (Phi) is 8.77. The standard InChI is InChI=1S/C31H28BrClN4O3S/c1-19-7-3-5-9-22(19)30(39)37-15-13-36(14-16-37)26-12-11-21(18-25(26)33)34-31(41)35-29(38)24-17-20-8-4-6-10-23(20)27(32)28(24)40-2/h3-12,17-18H,13-16H2,1-2H3,(H2,34,35,38,41). The first-order chi connectivity index (χ1) is 19.8. The van der Waals surface area contributed by atoms with Crippen LogP contribution in [0.4, 0.5) is 11.4 Å². The van der Waals surface area contributed by atoms with Crippen molar-refractivity contribution in [2.75, 3.05) is 43.5 Å². The summed E-state index contributed by atoms with van der Waals surface area (Å²) in [5, 5.41) is 8.28. The molecule has 7 nitrogen and oxygen atoms in total. The van der Waals surface area contributed by atoms with E-state index >= 15 is 0 Å². The Balaban J connectivity index is 1.21. The molecule has 1 heterocycles. The van der Waals surface area contributed by atoms with Crippen molar-refractivity contribution < 1.29 is 14.3 Å². The SMILES string of the molecule is COc1c(C(=O)NC(=S)Nc2ccc(N3CCN(C(=O)c4ccccc4C)CC3)c(Cl)c2)cc2ccccc2c1Br. The number of nitrogens with zero attached hydrogens (tertiary/aromatic N) is 2. The number of rotatable bonds is 5. The van der Waals surface area contributed by atoms with Crippen molar-refractivity contribution in [2.24, 2.45) is 0 Å². The summed E-state index contributed by atoms with van der Waals surface area (Å²) >= 11 is 15.6. The third kappa shape index (κ3) is 6.17. The number of hydrogen-bond acceptors (Lipinski definition) is 5. The molecule has 2 amide bonds. The zero-order valence-corrected chi connectivity index (χ0v) is 25.7. The van der Waals surface area contributed by atoms with Gasteiger partial charge in [-0.15, -0.1) is 0 Å². The highest BCUT2D eigenvalue weighted by molar-refractivity contribution is 9.10. The second-order valence-corrected chi connectivity index (χ2v) is 11.3. The molecule has 41 heavy (non-hydrogen) atoms. The maximum atomic E-state index is 13.1. The Morgan fingerprint density at radius 1 is 0.951 bits per heavy atom. The number of nitrogens with one attached hydrogen (secondary N) is 2. The van der Waals surface area contributed by atoms with Gasteiger partial charge >= 0.3 is 0 Å². The Hall–Kier alpha value is -3.66. The molecule has 0 unspecified atom stereocenters. The summed E-state index contributed by atoms with van der Waals surface area (Å²) in [5.41, 5.74) is 3.59. The number of hydrogen-bond donors (Lipinski definition) is 2. The van der Waals surface area contributed by atoms with Crippen molar-refractivity contribution in [3.63, 3.8) is 0 Å². The minimum Gasteiger partial charge on any atom is -0.495 e. The fourth-order valence-electron chi connectivity index (χ4n) is 4.96. The van der Waals surface area contributed by atoms with Crippen LogP contribution in [-0.4, -0.2) is 55.1 Å². The predicted octanol–water partition coefficient (Wildman–Crippen LogP) is 6.66. The van der Waals surface area contributed by atoms with Crippen LogP contribution in [-0.2, 0) is 0 Å². The Bertz CT molecular complexity index is 1660. The summed E-state index contributed by atoms with van der Waals surface area (Å²) in [6, 6.07) is 22.7. The zero-order chi connectivity index (χ0) is 29.1. The minimum atomic E-state index is -0.397. The monoisotopic (exact) mass is 650 g/mol. The molecule has 210 valence electrons. The van der Waals surface area contributed by atoms with Crippen molar-refractivity contribution in [1.82, 2.24) is 10.2 Å². The Morgan fingerprint density at radius 2 is 1.66 bits per heavy atom. The first kappa shape index (κ1) is 28.9. The number of ether oxygens (including phenoxy) is 1.